The first kappa shape index (κ1) is 13.2. The van der Waals surface area contributed by atoms with Gasteiger partial charge in [0.25, 0.3) is 0 Å². The second-order valence-electron chi connectivity index (χ2n) is 4.08. The van der Waals surface area contributed by atoms with Crippen molar-refractivity contribution in [1.82, 2.24) is 0 Å². The Balaban J connectivity index is 2.98. The minimum absolute atomic E-state index is 0.0797. The van der Waals surface area contributed by atoms with Crippen LogP contribution in [0, 0.1) is 0 Å². The standard InChI is InChI=1S/C13H16O4/c1-4-13(3,12(15)16)17-11-7-5-6-10(8-11)9(2)14/h5-8H,4H2,1-3H3,(H,15,16). The quantitative estimate of drug-likeness (QED) is 0.798. The number of ether oxygens (including phenoxy) is 1. The minimum Gasteiger partial charge on any atom is -0.478 e. The molecule has 1 aromatic carbocycles. The lowest BCUT2D eigenvalue weighted by atomic mass is 10.0. The largest absolute Gasteiger partial charge is 0.478 e. The van der Waals surface area contributed by atoms with E-state index in [2.05, 4.69) is 0 Å². The molecule has 1 unspecified atom stereocenters. The number of carboxylic acid groups (broad SMARTS) is 1. The normalized spacial score (nSPS) is 13.8. The van der Waals surface area contributed by atoms with Gasteiger partial charge in [-0.05, 0) is 32.4 Å². The number of benzene rings is 1. The van der Waals surface area contributed by atoms with E-state index in [0.29, 0.717) is 17.7 Å². The van der Waals surface area contributed by atoms with Gasteiger partial charge in [0.2, 0.25) is 5.60 Å². The zero-order valence-corrected chi connectivity index (χ0v) is 10.2. The smallest absolute Gasteiger partial charge is 0.347 e. The second-order valence-corrected chi connectivity index (χ2v) is 4.08. The van der Waals surface area contributed by atoms with Crippen LogP contribution in [0.2, 0.25) is 0 Å². The molecule has 1 atom stereocenters. The summed E-state index contributed by atoms with van der Waals surface area (Å²) in [5.41, 5.74) is -0.763. The number of Topliss-reactive ketones (excluding diaryl/α,β-unsaturated/α-hetero) is 1. The summed E-state index contributed by atoms with van der Waals surface area (Å²) in [5, 5.41) is 9.08. The van der Waals surface area contributed by atoms with Gasteiger partial charge in [0.15, 0.2) is 5.78 Å². The van der Waals surface area contributed by atoms with Gasteiger partial charge in [-0.3, -0.25) is 4.79 Å². The zero-order chi connectivity index (χ0) is 13.1. The molecule has 1 aromatic rings. The Labute approximate surface area is 100 Å². The van der Waals surface area contributed by atoms with Crippen molar-refractivity contribution in [2.24, 2.45) is 0 Å². The van der Waals surface area contributed by atoms with Crippen molar-refractivity contribution in [2.75, 3.05) is 0 Å². The highest BCUT2D eigenvalue weighted by molar-refractivity contribution is 5.94. The maximum absolute atomic E-state index is 11.2. The molecule has 0 bridgehead atoms. The highest BCUT2D eigenvalue weighted by Crippen LogP contribution is 2.22. The van der Waals surface area contributed by atoms with Crippen molar-refractivity contribution in [3.63, 3.8) is 0 Å². The number of carboxylic acids is 1. The maximum Gasteiger partial charge on any atom is 0.347 e. The van der Waals surface area contributed by atoms with E-state index < -0.39 is 11.6 Å². The van der Waals surface area contributed by atoms with Gasteiger partial charge in [0.05, 0.1) is 0 Å². The Morgan fingerprint density at radius 2 is 2.06 bits per heavy atom. The van der Waals surface area contributed by atoms with Gasteiger partial charge in [0, 0.05) is 5.56 Å². The molecule has 0 aliphatic rings. The summed E-state index contributed by atoms with van der Waals surface area (Å²) < 4.78 is 5.45. The molecule has 0 spiro atoms. The predicted octanol–water partition coefficient (Wildman–Crippen LogP) is 2.52. The minimum atomic E-state index is -1.27. The maximum atomic E-state index is 11.2. The van der Waals surface area contributed by atoms with E-state index in [1.165, 1.54) is 13.8 Å². The van der Waals surface area contributed by atoms with Crippen LogP contribution in [0.4, 0.5) is 0 Å². The summed E-state index contributed by atoms with van der Waals surface area (Å²) in [4.78, 5) is 22.3. The monoisotopic (exact) mass is 236 g/mol. The SMILES string of the molecule is CCC(C)(Oc1cccc(C(C)=O)c1)C(=O)O. The van der Waals surface area contributed by atoms with Crippen molar-refractivity contribution in [1.29, 1.82) is 0 Å². The molecule has 92 valence electrons. The van der Waals surface area contributed by atoms with Crippen LogP contribution in [0.5, 0.6) is 5.75 Å². The molecule has 1 N–H and O–H groups in total. The molecule has 0 heterocycles. The van der Waals surface area contributed by atoms with Crippen molar-refractivity contribution >= 4 is 11.8 Å². The van der Waals surface area contributed by atoms with E-state index in [0.717, 1.165) is 0 Å². The molecular formula is C13H16O4. The number of carbonyl (C=O) groups is 2. The van der Waals surface area contributed by atoms with Gasteiger partial charge in [0.1, 0.15) is 5.75 Å². The van der Waals surface area contributed by atoms with Crippen LogP contribution < -0.4 is 4.74 Å². The third kappa shape index (κ3) is 3.06. The third-order valence-corrected chi connectivity index (χ3v) is 2.71. The number of carbonyl (C=O) groups excluding carboxylic acids is 1. The van der Waals surface area contributed by atoms with Crippen molar-refractivity contribution in [3.05, 3.63) is 29.8 Å². The Bertz CT molecular complexity index is 439. The summed E-state index contributed by atoms with van der Waals surface area (Å²) >= 11 is 0. The van der Waals surface area contributed by atoms with Crippen LogP contribution in [0.25, 0.3) is 0 Å². The van der Waals surface area contributed by atoms with Gasteiger partial charge >= 0.3 is 5.97 Å². The molecule has 0 saturated carbocycles. The first-order valence-corrected chi connectivity index (χ1v) is 5.42. The number of aliphatic carboxylic acids is 1. The van der Waals surface area contributed by atoms with E-state index in [1.54, 1.807) is 31.2 Å². The lowest BCUT2D eigenvalue weighted by Crippen LogP contribution is -2.40. The molecule has 0 fully saturated rings. The molecule has 0 radical (unpaired) electrons. The fourth-order valence-corrected chi connectivity index (χ4v) is 1.31. The van der Waals surface area contributed by atoms with Gasteiger partial charge < -0.3 is 9.84 Å². The Morgan fingerprint density at radius 1 is 1.41 bits per heavy atom. The van der Waals surface area contributed by atoms with E-state index in [4.69, 9.17) is 9.84 Å². The van der Waals surface area contributed by atoms with E-state index in [9.17, 15) is 9.59 Å². The van der Waals surface area contributed by atoms with Gasteiger partial charge in [-0.1, -0.05) is 19.1 Å². The lowest BCUT2D eigenvalue weighted by Gasteiger charge is -2.24. The number of rotatable bonds is 5. The molecular weight excluding hydrogens is 220 g/mol. The number of hydrogen-bond donors (Lipinski definition) is 1. The number of hydrogen-bond acceptors (Lipinski definition) is 3. The second kappa shape index (κ2) is 4.99. The molecule has 0 aliphatic carbocycles. The highest BCUT2D eigenvalue weighted by Gasteiger charge is 2.33. The van der Waals surface area contributed by atoms with E-state index in [1.807, 2.05) is 0 Å². The zero-order valence-electron chi connectivity index (χ0n) is 10.2. The molecule has 17 heavy (non-hydrogen) atoms. The van der Waals surface area contributed by atoms with E-state index >= 15 is 0 Å². The summed E-state index contributed by atoms with van der Waals surface area (Å²) in [6.07, 6.45) is 0.340. The summed E-state index contributed by atoms with van der Waals surface area (Å²) in [5.74, 6) is -0.707. The average Bonchev–Trinajstić information content (AvgIpc) is 2.29. The molecule has 0 aromatic heterocycles. The molecule has 1 rings (SSSR count). The summed E-state index contributed by atoms with van der Waals surface area (Å²) in [6, 6.07) is 6.53. The highest BCUT2D eigenvalue weighted by atomic mass is 16.5. The van der Waals surface area contributed by atoms with E-state index in [-0.39, 0.29) is 5.78 Å². The fourth-order valence-electron chi connectivity index (χ4n) is 1.31. The van der Waals surface area contributed by atoms with Crippen molar-refractivity contribution in [3.8, 4) is 5.75 Å². The first-order valence-electron chi connectivity index (χ1n) is 5.42. The van der Waals surface area contributed by atoms with Crippen LogP contribution in [-0.4, -0.2) is 22.5 Å². The van der Waals surface area contributed by atoms with Crippen LogP contribution in [0.15, 0.2) is 24.3 Å². The Hall–Kier alpha value is -1.84. The number of ketones is 1. The average molecular weight is 236 g/mol. The van der Waals surface area contributed by atoms with Crippen LogP contribution in [-0.2, 0) is 4.79 Å². The van der Waals surface area contributed by atoms with Crippen molar-refractivity contribution < 1.29 is 19.4 Å². The van der Waals surface area contributed by atoms with Crippen LogP contribution in [0.1, 0.15) is 37.6 Å². The van der Waals surface area contributed by atoms with Gasteiger partial charge in [-0.25, -0.2) is 4.79 Å². The Morgan fingerprint density at radius 3 is 2.53 bits per heavy atom. The molecule has 0 saturated heterocycles. The summed E-state index contributed by atoms with van der Waals surface area (Å²) in [7, 11) is 0. The molecule has 0 aliphatic heterocycles. The lowest BCUT2D eigenvalue weighted by molar-refractivity contribution is -0.154. The van der Waals surface area contributed by atoms with Crippen LogP contribution >= 0.6 is 0 Å². The third-order valence-electron chi connectivity index (χ3n) is 2.71. The molecule has 4 heteroatoms. The summed E-state index contributed by atoms with van der Waals surface area (Å²) in [6.45, 7) is 4.70. The predicted molar refractivity (Wildman–Crippen MR) is 63.4 cm³/mol. The first-order chi connectivity index (χ1) is 7.89. The van der Waals surface area contributed by atoms with Crippen molar-refractivity contribution in [2.45, 2.75) is 32.8 Å². The molecule has 0 amide bonds. The van der Waals surface area contributed by atoms with Gasteiger partial charge in [-0.2, -0.15) is 0 Å². The topological polar surface area (TPSA) is 63.6 Å². The Kier molecular flexibility index (Phi) is 3.89. The fraction of sp³-hybridized carbons (Fsp3) is 0.385. The van der Waals surface area contributed by atoms with Gasteiger partial charge in [-0.15, -0.1) is 0 Å². The molecule has 4 nitrogen and oxygen atoms in total. The van der Waals surface area contributed by atoms with Crippen LogP contribution in [0.3, 0.4) is 0 Å².